The Balaban J connectivity index is 1.41. The highest BCUT2D eigenvalue weighted by Crippen LogP contribution is 2.10. The number of amides is 1. The van der Waals surface area contributed by atoms with E-state index in [-0.39, 0.29) is 6.09 Å². The van der Waals surface area contributed by atoms with E-state index in [1.165, 1.54) is 5.56 Å². The van der Waals surface area contributed by atoms with Crippen LogP contribution in [0.5, 0.6) is 0 Å². The summed E-state index contributed by atoms with van der Waals surface area (Å²) in [7, 11) is 1.75. The molecule has 0 unspecified atom stereocenters. The summed E-state index contributed by atoms with van der Waals surface area (Å²) in [6, 6.07) is 18.2. The Kier molecular flexibility index (Phi) is 6.04. The van der Waals surface area contributed by atoms with Gasteiger partial charge in [-0.15, -0.1) is 0 Å². The van der Waals surface area contributed by atoms with Gasteiger partial charge >= 0.3 is 6.09 Å². The molecular formula is C21H23N3O2. The van der Waals surface area contributed by atoms with Crippen molar-refractivity contribution in [3.63, 3.8) is 0 Å². The van der Waals surface area contributed by atoms with Gasteiger partial charge in [-0.05, 0) is 16.7 Å². The van der Waals surface area contributed by atoms with E-state index in [1.807, 2.05) is 36.5 Å². The van der Waals surface area contributed by atoms with Crippen molar-refractivity contribution in [2.24, 2.45) is 0 Å². The van der Waals surface area contributed by atoms with E-state index in [1.54, 1.807) is 18.3 Å². The Bertz CT molecular complexity index is 799. The summed E-state index contributed by atoms with van der Waals surface area (Å²) in [6.07, 6.45) is 4.80. The number of H-pyrrole nitrogens is 1. The maximum atomic E-state index is 12.1. The van der Waals surface area contributed by atoms with E-state index in [4.69, 9.17) is 4.74 Å². The second-order valence-corrected chi connectivity index (χ2v) is 6.26. The number of carbonyl (C=O) groups excluding carboxylic acids is 1. The average Bonchev–Trinajstić information content (AvgIpc) is 3.17. The molecule has 0 aliphatic rings. The third-order valence-electron chi connectivity index (χ3n) is 4.15. The minimum atomic E-state index is -0.302. The summed E-state index contributed by atoms with van der Waals surface area (Å²) in [6.45, 7) is 0.915. The third kappa shape index (κ3) is 5.21. The first-order valence-electron chi connectivity index (χ1n) is 8.68. The summed E-state index contributed by atoms with van der Waals surface area (Å²) < 4.78 is 5.37. The van der Waals surface area contributed by atoms with Gasteiger partial charge in [-0.2, -0.15) is 0 Å². The van der Waals surface area contributed by atoms with Crippen LogP contribution < -0.4 is 0 Å². The van der Waals surface area contributed by atoms with Crippen LogP contribution in [0.4, 0.5) is 4.79 Å². The van der Waals surface area contributed by atoms with Crippen molar-refractivity contribution in [2.75, 3.05) is 13.7 Å². The van der Waals surface area contributed by atoms with Crippen LogP contribution in [0.15, 0.2) is 67.1 Å². The predicted octanol–water partition coefficient (Wildman–Crippen LogP) is 3.81. The highest BCUT2D eigenvalue weighted by molar-refractivity contribution is 5.67. The summed E-state index contributed by atoms with van der Waals surface area (Å²) in [4.78, 5) is 20.8. The molecule has 0 radical (unpaired) electrons. The average molecular weight is 349 g/mol. The number of nitrogens with zero attached hydrogens (tertiary/aromatic N) is 2. The highest BCUT2D eigenvalue weighted by atomic mass is 16.6. The molecule has 3 rings (SSSR count). The fraction of sp³-hybridized carbons (Fsp3) is 0.238. The number of imidazole rings is 1. The standard InChI is InChI=1S/C21H23N3O2/c1-24(15-19-5-3-2-4-6-19)21(25)26-12-11-17-7-9-18(10-8-17)13-20-14-22-16-23-20/h2-10,14,16H,11-13,15H2,1H3,(H,22,23). The molecule has 0 spiro atoms. The lowest BCUT2D eigenvalue weighted by molar-refractivity contribution is 0.110. The zero-order valence-electron chi connectivity index (χ0n) is 14.9. The monoisotopic (exact) mass is 349 g/mol. The van der Waals surface area contributed by atoms with Crippen LogP contribution in [0.2, 0.25) is 0 Å². The maximum absolute atomic E-state index is 12.1. The quantitative estimate of drug-likeness (QED) is 0.705. The number of benzene rings is 2. The number of nitrogens with one attached hydrogen (secondary N) is 1. The molecule has 5 heteroatoms. The number of aromatic amines is 1. The summed E-state index contributed by atoms with van der Waals surface area (Å²) >= 11 is 0. The molecule has 1 aromatic heterocycles. The van der Waals surface area contributed by atoms with Gasteiger partial charge in [0.25, 0.3) is 0 Å². The Morgan fingerprint density at radius 3 is 2.46 bits per heavy atom. The minimum absolute atomic E-state index is 0.302. The van der Waals surface area contributed by atoms with Crippen LogP contribution in [0, 0.1) is 0 Å². The number of aromatic nitrogens is 2. The van der Waals surface area contributed by atoms with Gasteiger partial charge in [-0.1, -0.05) is 54.6 Å². The molecule has 26 heavy (non-hydrogen) atoms. The number of hydrogen-bond acceptors (Lipinski definition) is 3. The van der Waals surface area contributed by atoms with Crippen molar-refractivity contribution < 1.29 is 9.53 Å². The Morgan fingerprint density at radius 1 is 1.04 bits per heavy atom. The first-order chi connectivity index (χ1) is 12.7. The molecule has 134 valence electrons. The maximum Gasteiger partial charge on any atom is 0.409 e. The lowest BCUT2D eigenvalue weighted by atomic mass is 10.1. The molecule has 0 bridgehead atoms. The van der Waals surface area contributed by atoms with E-state index in [0.717, 1.165) is 23.2 Å². The molecule has 0 saturated heterocycles. The van der Waals surface area contributed by atoms with E-state index >= 15 is 0 Å². The molecule has 0 fully saturated rings. The topological polar surface area (TPSA) is 58.2 Å². The molecule has 1 N–H and O–H groups in total. The van der Waals surface area contributed by atoms with Crippen LogP contribution in [-0.4, -0.2) is 34.6 Å². The normalized spacial score (nSPS) is 10.5. The van der Waals surface area contributed by atoms with Gasteiger partial charge < -0.3 is 14.6 Å². The van der Waals surface area contributed by atoms with Gasteiger partial charge in [-0.25, -0.2) is 9.78 Å². The number of hydrogen-bond donors (Lipinski definition) is 1. The van der Waals surface area contributed by atoms with Gasteiger partial charge in [0.15, 0.2) is 0 Å². The van der Waals surface area contributed by atoms with Crippen molar-refractivity contribution in [3.8, 4) is 0 Å². The van der Waals surface area contributed by atoms with E-state index in [2.05, 4.69) is 34.2 Å². The molecule has 0 saturated carbocycles. The molecule has 0 aliphatic heterocycles. The Labute approximate surface area is 153 Å². The number of rotatable bonds is 7. The van der Waals surface area contributed by atoms with Crippen LogP contribution in [0.1, 0.15) is 22.4 Å². The molecule has 1 heterocycles. The van der Waals surface area contributed by atoms with Crippen molar-refractivity contribution >= 4 is 6.09 Å². The van der Waals surface area contributed by atoms with Gasteiger partial charge in [0, 0.05) is 32.6 Å². The van der Waals surface area contributed by atoms with Crippen LogP contribution in [0.3, 0.4) is 0 Å². The van der Waals surface area contributed by atoms with E-state index in [9.17, 15) is 4.79 Å². The van der Waals surface area contributed by atoms with Crippen molar-refractivity contribution in [2.45, 2.75) is 19.4 Å². The smallest absolute Gasteiger partial charge is 0.409 e. The fourth-order valence-electron chi connectivity index (χ4n) is 2.71. The van der Waals surface area contributed by atoms with Crippen molar-refractivity contribution in [1.82, 2.24) is 14.9 Å². The number of carbonyl (C=O) groups is 1. The largest absolute Gasteiger partial charge is 0.449 e. The summed E-state index contributed by atoms with van der Waals surface area (Å²) in [5, 5.41) is 0. The second kappa shape index (κ2) is 8.85. The highest BCUT2D eigenvalue weighted by Gasteiger charge is 2.10. The molecule has 2 aromatic carbocycles. The third-order valence-corrected chi connectivity index (χ3v) is 4.15. The van der Waals surface area contributed by atoms with Gasteiger partial charge in [-0.3, -0.25) is 0 Å². The molecule has 0 aliphatic carbocycles. The van der Waals surface area contributed by atoms with Crippen molar-refractivity contribution in [1.29, 1.82) is 0 Å². The predicted molar refractivity (Wildman–Crippen MR) is 101 cm³/mol. The van der Waals surface area contributed by atoms with Gasteiger partial charge in [0.05, 0.1) is 18.6 Å². The van der Waals surface area contributed by atoms with E-state index in [0.29, 0.717) is 19.6 Å². The first-order valence-corrected chi connectivity index (χ1v) is 8.68. The lowest BCUT2D eigenvalue weighted by Gasteiger charge is -2.17. The molecule has 3 aromatic rings. The summed E-state index contributed by atoms with van der Waals surface area (Å²) in [5.41, 5.74) is 4.46. The van der Waals surface area contributed by atoms with Crippen LogP contribution in [0.25, 0.3) is 0 Å². The fourth-order valence-corrected chi connectivity index (χ4v) is 2.71. The zero-order valence-corrected chi connectivity index (χ0v) is 14.9. The lowest BCUT2D eigenvalue weighted by Crippen LogP contribution is -2.27. The van der Waals surface area contributed by atoms with E-state index < -0.39 is 0 Å². The molecule has 5 nitrogen and oxygen atoms in total. The molecule has 1 amide bonds. The zero-order chi connectivity index (χ0) is 18.2. The van der Waals surface area contributed by atoms with Gasteiger partial charge in [0.2, 0.25) is 0 Å². The second-order valence-electron chi connectivity index (χ2n) is 6.26. The molecule has 0 atom stereocenters. The minimum Gasteiger partial charge on any atom is -0.449 e. The SMILES string of the molecule is CN(Cc1ccccc1)C(=O)OCCc1ccc(Cc2c[nH]cn2)cc1. The Morgan fingerprint density at radius 2 is 1.77 bits per heavy atom. The van der Waals surface area contributed by atoms with Gasteiger partial charge in [0.1, 0.15) is 0 Å². The molecular weight excluding hydrogens is 326 g/mol. The van der Waals surface area contributed by atoms with Crippen LogP contribution >= 0.6 is 0 Å². The first kappa shape index (κ1) is 17.7. The Hall–Kier alpha value is -3.08. The number of ether oxygens (including phenoxy) is 1. The van der Waals surface area contributed by atoms with Crippen LogP contribution in [-0.2, 0) is 24.1 Å². The van der Waals surface area contributed by atoms with Crippen molar-refractivity contribution in [3.05, 3.63) is 89.5 Å². The summed E-state index contributed by atoms with van der Waals surface area (Å²) in [5.74, 6) is 0.